The molecule has 2 heterocycles. The van der Waals surface area contributed by atoms with Crippen LogP contribution in [0.25, 0.3) is 0 Å². The fourth-order valence-corrected chi connectivity index (χ4v) is 5.73. The molecule has 2 saturated heterocycles. The average molecular weight is 425 g/mol. The van der Waals surface area contributed by atoms with Crippen molar-refractivity contribution >= 4 is 29.5 Å². The fraction of sp³-hybridized carbons (Fsp3) is 0.762. The first-order valence-corrected chi connectivity index (χ1v) is 11.7. The molecule has 3 rings (SSSR count). The van der Waals surface area contributed by atoms with Crippen molar-refractivity contribution in [3.63, 3.8) is 0 Å². The molecular weight excluding hydrogens is 392 g/mol. The number of nitrogens with zero attached hydrogens (tertiary/aromatic N) is 2. The van der Waals surface area contributed by atoms with Crippen LogP contribution in [0.3, 0.4) is 0 Å². The second kappa shape index (κ2) is 9.98. The highest BCUT2D eigenvalue weighted by Crippen LogP contribution is 2.53. The van der Waals surface area contributed by atoms with Crippen molar-refractivity contribution in [3.05, 3.63) is 11.8 Å². The summed E-state index contributed by atoms with van der Waals surface area (Å²) in [5.41, 5.74) is -0.301. The number of esters is 1. The van der Waals surface area contributed by atoms with E-state index in [4.69, 9.17) is 9.47 Å². The fourth-order valence-electron chi connectivity index (χ4n) is 4.83. The van der Waals surface area contributed by atoms with Gasteiger partial charge in [0.25, 0.3) is 0 Å². The Bertz CT molecular complexity index is 661. The molecule has 0 bridgehead atoms. The predicted octanol–water partition coefficient (Wildman–Crippen LogP) is 2.06. The van der Waals surface area contributed by atoms with Gasteiger partial charge >= 0.3 is 5.97 Å². The maximum absolute atomic E-state index is 13.5. The van der Waals surface area contributed by atoms with E-state index < -0.39 is 11.3 Å². The molecule has 0 radical (unpaired) electrons. The Kier molecular flexibility index (Phi) is 7.62. The Morgan fingerprint density at radius 3 is 2.69 bits per heavy atom. The van der Waals surface area contributed by atoms with Gasteiger partial charge in [-0.1, -0.05) is 12.5 Å². The topological polar surface area (TPSA) is 76.2 Å². The number of likely N-dealkylation sites (tertiary alicyclic amines) is 1. The second-order valence-electron chi connectivity index (χ2n) is 7.88. The highest BCUT2D eigenvalue weighted by atomic mass is 32.2. The van der Waals surface area contributed by atoms with Crippen molar-refractivity contribution in [3.8, 4) is 0 Å². The molecular formula is C21H32N2O5S. The van der Waals surface area contributed by atoms with E-state index in [9.17, 15) is 14.4 Å². The second-order valence-corrected chi connectivity index (χ2v) is 9.11. The summed E-state index contributed by atoms with van der Waals surface area (Å²) in [6.45, 7) is 2.44. The first-order valence-electron chi connectivity index (χ1n) is 10.5. The van der Waals surface area contributed by atoms with Crippen LogP contribution in [0.4, 0.5) is 0 Å². The molecule has 0 aromatic carbocycles. The van der Waals surface area contributed by atoms with Gasteiger partial charge in [0.15, 0.2) is 0 Å². The molecule has 7 nitrogen and oxygen atoms in total. The van der Waals surface area contributed by atoms with Crippen molar-refractivity contribution in [2.24, 2.45) is 11.3 Å². The molecule has 0 aromatic heterocycles. The van der Waals surface area contributed by atoms with Crippen molar-refractivity contribution in [2.75, 3.05) is 52.0 Å². The molecule has 8 heteroatoms. The van der Waals surface area contributed by atoms with Gasteiger partial charge < -0.3 is 19.3 Å². The lowest BCUT2D eigenvalue weighted by Gasteiger charge is -2.33. The molecule has 2 amide bonds. The Labute approximate surface area is 177 Å². The van der Waals surface area contributed by atoms with E-state index in [1.54, 1.807) is 12.0 Å². The molecule has 162 valence electrons. The minimum absolute atomic E-state index is 0.0331. The van der Waals surface area contributed by atoms with Crippen molar-refractivity contribution in [1.82, 2.24) is 9.80 Å². The monoisotopic (exact) mass is 424 g/mol. The zero-order chi connectivity index (χ0) is 20.9. The van der Waals surface area contributed by atoms with Crippen molar-refractivity contribution in [2.45, 2.75) is 38.5 Å². The number of hydrogen-bond donors (Lipinski definition) is 0. The number of allylic oxidation sites excluding steroid dienone is 1. The van der Waals surface area contributed by atoms with E-state index in [0.717, 1.165) is 36.5 Å². The van der Waals surface area contributed by atoms with Crippen LogP contribution in [0, 0.1) is 11.3 Å². The first kappa shape index (κ1) is 22.2. The van der Waals surface area contributed by atoms with Gasteiger partial charge in [0.2, 0.25) is 11.8 Å². The van der Waals surface area contributed by atoms with Gasteiger partial charge in [-0.25, -0.2) is 0 Å². The summed E-state index contributed by atoms with van der Waals surface area (Å²) in [5.74, 6) is 0.597. The molecule has 2 aliphatic heterocycles. The van der Waals surface area contributed by atoms with E-state index >= 15 is 0 Å². The van der Waals surface area contributed by atoms with Gasteiger partial charge in [-0.2, -0.15) is 11.8 Å². The van der Waals surface area contributed by atoms with E-state index in [1.807, 2.05) is 22.7 Å². The molecule has 0 aromatic rings. The van der Waals surface area contributed by atoms with E-state index in [0.29, 0.717) is 39.1 Å². The minimum Gasteiger partial charge on any atom is -0.468 e. The van der Waals surface area contributed by atoms with E-state index in [-0.39, 0.29) is 24.2 Å². The van der Waals surface area contributed by atoms with Gasteiger partial charge in [0, 0.05) is 57.0 Å². The SMILES string of the molecule is COCCCN1C(=O)[C@H](CC(=O)N2CCSCC2)[C@]2(C(=O)OC)CCCCC=C12. The number of rotatable bonds is 7. The Hall–Kier alpha value is -1.54. The zero-order valence-electron chi connectivity index (χ0n) is 17.5. The highest BCUT2D eigenvalue weighted by Gasteiger charge is 2.61. The number of thioether (sulfide) groups is 1. The van der Waals surface area contributed by atoms with Crippen LogP contribution < -0.4 is 0 Å². The first-order chi connectivity index (χ1) is 14.1. The van der Waals surface area contributed by atoms with Crippen molar-refractivity contribution < 1.29 is 23.9 Å². The molecule has 3 aliphatic rings. The van der Waals surface area contributed by atoms with Gasteiger partial charge in [-0.05, 0) is 25.7 Å². The molecule has 1 aliphatic carbocycles. The molecule has 0 spiro atoms. The normalized spacial score (nSPS) is 27.3. The summed E-state index contributed by atoms with van der Waals surface area (Å²) < 4.78 is 10.4. The smallest absolute Gasteiger partial charge is 0.318 e. The summed E-state index contributed by atoms with van der Waals surface area (Å²) in [4.78, 5) is 43.2. The lowest BCUT2D eigenvalue weighted by Crippen LogP contribution is -2.44. The van der Waals surface area contributed by atoms with Crippen LogP contribution in [-0.2, 0) is 23.9 Å². The number of carbonyl (C=O) groups excluding carboxylic acids is 3. The summed E-state index contributed by atoms with van der Waals surface area (Å²) in [6.07, 6.45) is 5.94. The molecule has 2 atom stereocenters. The van der Waals surface area contributed by atoms with Crippen LogP contribution in [-0.4, -0.2) is 79.5 Å². The van der Waals surface area contributed by atoms with Crippen LogP contribution in [0.1, 0.15) is 38.5 Å². The van der Waals surface area contributed by atoms with E-state index in [1.165, 1.54) is 7.11 Å². The average Bonchev–Trinajstić information content (AvgIpc) is 2.89. The number of ether oxygens (including phenoxy) is 2. The number of amides is 2. The Morgan fingerprint density at radius 2 is 2.00 bits per heavy atom. The number of carbonyl (C=O) groups is 3. The number of fused-ring (bicyclic) bond motifs is 1. The van der Waals surface area contributed by atoms with Gasteiger partial charge in [0.1, 0.15) is 5.41 Å². The molecule has 0 unspecified atom stereocenters. The lowest BCUT2D eigenvalue weighted by molar-refractivity contribution is -0.156. The third-order valence-electron chi connectivity index (χ3n) is 6.29. The summed E-state index contributed by atoms with van der Waals surface area (Å²) in [6, 6.07) is 0. The van der Waals surface area contributed by atoms with Crippen molar-refractivity contribution in [1.29, 1.82) is 0 Å². The van der Waals surface area contributed by atoms with Gasteiger partial charge in [-0.15, -0.1) is 0 Å². The predicted molar refractivity (Wildman–Crippen MR) is 111 cm³/mol. The highest BCUT2D eigenvalue weighted by molar-refractivity contribution is 7.99. The molecule has 0 N–H and O–H groups in total. The third-order valence-corrected chi connectivity index (χ3v) is 7.23. The van der Waals surface area contributed by atoms with Gasteiger partial charge in [-0.3, -0.25) is 14.4 Å². The minimum atomic E-state index is -1.05. The lowest BCUT2D eigenvalue weighted by atomic mass is 9.71. The van der Waals surface area contributed by atoms with Crippen LogP contribution in [0.5, 0.6) is 0 Å². The van der Waals surface area contributed by atoms with Crippen LogP contribution >= 0.6 is 11.8 Å². The standard InChI is InChI=1S/C21H32N2O5S/c1-27-12-6-9-23-17-7-4-3-5-8-21(17,20(26)28-2)16(19(23)25)15-18(24)22-10-13-29-14-11-22/h7,16H,3-6,8-15H2,1-2H3/t16-,21+/m0/s1. The summed E-state index contributed by atoms with van der Waals surface area (Å²) in [7, 11) is 3.01. The van der Waals surface area contributed by atoms with Crippen LogP contribution in [0.15, 0.2) is 11.8 Å². The van der Waals surface area contributed by atoms with E-state index in [2.05, 4.69) is 0 Å². The molecule has 29 heavy (non-hydrogen) atoms. The van der Waals surface area contributed by atoms with Gasteiger partial charge in [0.05, 0.1) is 13.0 Å². The number of methoxy groups -OCH3 is 2. The Morgan fingerprint density at radius 1 is 1.24 bits per heavy atom. The number of hydrogen-bond acceptors (Lipinski definition) is 6. The quantitative estimate of drug-likeness (QED) is 0.460. The Balaban J connectivity index is 1.93. The van der Waals surface area contributed by atoms with Crippen LogP contribution in [0.2, 0.25) is 0 Å². The largest absolute Gasteiger partial charge is 0.468 e. The molecule has 0 saturated carbocycles. The third kappa shape index (κ3) is 4.33. The maximum atomic E-state index is 13.5. The molecule has 2 fully saturated rings. The maximum Gasteiger partial charge on any atom is 0.318 e. The summed E-state index contributed by atoms with van der Waals surface area (Å²) >= 11 is 1.84. The zero-order valence-corrected chi connectivity index (χ0v) is 18.3. The summed E-state index contributed by atoms with van der Waals surface area (Å²) in [5, 5.41) is 0.